The van der Waals surface area contributed by atoms with Crippen LogP contribution in [0.25, 0.3) is 0 Å². The van der Waals surface area contributed by atoms with E-state index in [4.69, 9.17) is 4.74 Å². The summed E-state index contributed by atoms with van der Waals surface area (Å²) in [6, 6.07) is 4.75. The number of hydrogen-bond acceptors (Lipinski definition) is 2. The number of halogens is 3. The van der Waals surface area contributed by atoms with Crippen LogP contribution in [0.2, 0.25) is 0 Å². The molecule has 0 bridgehead atoms. The summed E-state index contributed by atoms with van der Waals surface area (Å²) in [5.41, 5.74) is -0.743. The van der Waals surface area contributed by atoms with Crippen LogP contribution in [0, 0.1) is 0 Å². The standard InChI is InChI=1S/C14H14F3NO2/c1-2-13(19)18-7-6-12(9-18)20-11-5-3-4-10(8-11)14(15,16)17/h2-5,8,12H,1,6-7,9H2/t12-/m0/s1. The zero-order chi connectivity index (χ0) is 14.8. The molecule has 1 aliphatic rings. The minimum Gasteiger partial charge on any atom is -0.489 e. The molecule has 20 heavy (non-hydrogen) atoms. The maximum absolute atomic E-state index is 12.6. The van der Waals surface area contributed by atoms with Crippen molar-refractivity contribution in [3.63, 3.8) is 0 Å². The van der Waals surface area contributed by atoms with Crippen LogP contribution in [-0.4, -0.2) is 30.0 Å². The Morgan fingerprint density at radius 3 is 2.85 bits per heavy atom. The van der Waals surface area contributed by atoms with Gasteiger partial charge in [-0.3, -0.25) is 4.79 Å². The van der Waals surface area contributed by atoms with E-state index in [1.54, 1.807) is 4.90 Å². The Morgan fingerprint density at radius 2 is 2.20 bits per heavy atom. The normalized spacial score (nSPS) is 18.9. The van der Waals surface area contributed by atoms with Crippen molar-refractivity contribution in [3.05, 3.63) is 42.5 Å². The lowest BCUT2D eigenvalue weighted by molar-refractivity contribution is -0.137. The molecule has 6 heteroatoms. The van der Waals surface area contributed by atoms with Crippen molar-refractivity contribution in [2.45, 2.75) is 18.7 Å². The van der Waals surface area contributed by atoms with Gasteiger partial charge in [0.15, 0.2) is 0 Å². The van der Waals surface area contributed by atoms with Gasteiger partial charge in [-0.05, 0) is 24.3 Å². The lowest BCUT2D eigenvalue weighted by Gasteiger charge is -2.16. The molecule has 1 fully saturated rings. The van der Waals surface area contributed by atoms with Crippen LogP contribution in [-0.2, 0) is 11.0 Å². The van der Waals surface area contributed by atoms with E-state index in [9.17, 15) is 18.0 Å². The number of alkyl halides is 3. The third-order valence-corrected chi connectivity index (χ3v) is 3.10. The summed E-state index contributed by atoms with van der Waals surface area (Å²) in [6.45, 7) is 4.28. The first-order chi connectivity index (χ1) is 9.40. The van der Waals surface area contributed by atoms with Gasteiger partial charge >= 0.3 is 6.18 Å². The molecule has 2 rings (SSSR count). The molecular formula is C14H14F3NO2. The molecular weight excluding hydrogens is 271 g/mol. The van der Waals surface area contributed by atoms with Crippen molar-refractivity contribution in [2.75, 3.05) is 13.1 Å². The first-order valence-corrected chi connectivity index (χ1v) is 6.15. The number of benzene rings is 1. The van der Waals surface area contributed by atoms with Gasteiger partial charge in [0.1, 0.15) is 11.9 Å². The molecule has 0 aromatic heterocycles. The van der Waals surface area contributed by atoms with E-state index < -0.39 is 11.7 Å². The Hall–Kier alpha value is -1.98. The number of rotatable bonds is 3. The highest BCUT2D eigenvalue weighted by Gasteiger charge is 2.31. The van der Waals surface area contributed by atoms with Crippen molar-refractivity contribution in [1.29, 1.82) is 0 Å². The SMILES string of the molecule is C=CC(=O)N1CC[C@H](Oc2cccc(C(F)(F)F)c2)C1. The molecule has 1 heterocycles. The smallest absolute Gasteiger partial charge is 0.416 e. The molecule has 1 amide bonds. The minimum absolute atomic E-state index is 0.165. The van der Waals surface area contributed by atoms with Gasteiger partial charge in [-0.1, -0.05) is 12.6 Å². The number of nitrogens with zero attached hydrogens (tertiary/aromatic N) is 1. The minimum atomic E-state index is -4.39. The average Bonchev–Trinajstić information content (AvgIpc) is 2.85. The third kappa shape index (κ3) is 3.31. The maximum Gasteiger partial charge on any atom is 0.416 e. The first kappa shape index (κ1) is 14.4. The Balaban J connectivity index is 2.01. The van der Waals surface area contributed by atoms with Gasteiger partial charge < -0.3 is 9.64 Å². The molecule has 1 saturated heterocycles. The molecule has 0 spiro atoms. The number of hydrogen-bond donors (Lipinski definition) is 0. The highest BCUT2D eigenvalue weighted by Crippen LogP contribution is 2.31. The van der Waals surface area contributed by atoms with Crippen LogP contribution in [0.15, 0.2) is 36.9 Å². The van der Waals surface area contributed by atoms with Gasteiger partial charge in [-0.25, -0.2) is 0 Å². The van der Waals surface area contributed by atoms with E-state index in [2.05, 4.69) is 6.58 Å². The van der Waals surface area contributed by atoms with Crippen LogP contribution in [0.5, 0.6) is 5.75 Å². The van der Waals surface area contributed by atoms with E-state index in [0.29, 0.717) is 19.5 Å². The Kier molecular flexibility index (Phi) is 4.01. The molecule has 3 nitrogen and oxygen atoms in total. The zero-order valence-electron chi connectivity index (χ0n) is 10.7. The van der Waals surface area contributed by atoms with Crippen LogP contribution < -0.4 is 4.74 Å². The van der Waals surface area contributed by atoms with Gasteiger partial charge in [0.25, 0.3) is 0 Å². The quantitative estimate of drug-likeness (QED) is 0.799. The van der Waals surface area contributed by atoms with Crippen molar-refractivity contribution in [3.8, 4) is 5.75 Å². The highest BCUT2D eigenvalue weighted by molar-refractivity contribution is 5.87. The summed E-state index contributed by atoms with van der Waals surface area (Å²) in [5, 5.41) is 0. The number of amides is 1. The number of carbonyl (C=O) groups excluding carboxylic acids is 1. The van der Waals surface area contributed by atoms with E-state index in [0.717, 1.165) is 12.1 Å². The second-order valence-electron chi connectivity index (χ2n) is 4.54. The summed E-state index contributed by atoms with van der Waals surface area (Å²) in [7, 11) is 0. The molecule has 1 aromatic carbocycles. The van der Waals surface area contributed by atoms with Crippen LogP contribution in [0.3, 0.4) is 0 Å². The van der Waals surface area contributed by atoms with E-state index in [1.165, 1.54) is 18.2 Å². The molecule has 1 aromatic rings. The first-order valence-electron chi connectivity index (χ1n) is 6.15. The predicted molar refractivity (Wildman–Crippen MR) is 67.3 cm³/mol. The summed E-state index contributed by atoms with van der Waals surface area (Å²) >= 11 is 0. The van der Waals surface area contributed by atoms with Gasteiger partial charge in [0.2, 0.25) is 5.91 Å². The highest BCUT2D eigenvalue weighted by atomic mass is 19.4. The van der Waals surface area contributed by atoms with Gasteiger partial charge in [0.05, 0.1) is 12.1 Å². The second-order valence-corrected chi connectivity index (χ2v) is 4.54. The molecule has 108 valence electrons. The summed E-state index contributed by atoms with van der Waals surface area (Å²) in [4.78, 5) is 13.0. The number of likely N-dealkylation sites (tertiary alicyclic amines) is 1. The largest absolute Gasteiger partial charge is 0.489 e. The Bertz CT molecular complexity index is 513. The van der Waals surface area contributed by atoms with Crippen molar-refractivity contribution < 1.29 is 22.7 Å². The lowest BCUT2D eigenvalue weighted by atomic mass is 10.2. The molecule has 0 aliphatic carbocycles. The van der Waals surface area contributed by atoms with Gasteiger partial charge in [-0.2, -0.15) is 13.2 Å². The van der Waals surface area contributed by atoms with Crippen LogP contribution in [0.1, 0.15) is 12.0 Å². The fourth-order valence-corrected chi connectivity index (χ4v) is 2.09. The van der Waals surface area contributed by atoms with Crippen molar-refractivity contribution in [1.82, 2.24) is 4.90 Å². The van der Waals surface area contributed by atoms with Gasteiger partial charge in [0, 0.05) is 13.0 Å². The van der Waals surface area contributed by atoms with E-state index >= 15 is 0 Å². The maximum atomic E-state index is 12.6. The molecule has 0 unspecified atom stereocenters. The van der Waals surface area contributed by atoms with E-state index in [-0.39, 0.29) is 17.8 Å². The fraction of sp³-hybridized carbons (Fsp3) is 0.357. The Labute approximate surface area is 114 Å². The molecule has 1 atom stereocenters. The summed E-state index contributed by atoms with van der Waals surface area (Å²) in [5.74, 6) is -0.0298. The zero-order valence-corrected chi connectivity index (χ0v) is 10.7. The summed E-state index contributed by atoms with van der Waals surface area (Å²) in [6.07, 6.45) is -2.87. The summed E-state index contributed by atoms with van der Waals surface area (Å²) < 4.78 is 43.2. The topological polar surface area (TPSA) is 29.5 Å². The van der Waals surface area contributed by atoms with E-state index in [1.807, 2.05) is 0 Å². The van der Waals surface area contributed by atoms with Crippen molar-refractivity contribution in [2.24, 2.45) is 0 Å². The second kappa shape index (κ2) is 5.56. The van der Waals surface area contributed by atoms with Crippen LogP contribution in [0.4, 0.5) is 13.2 Å². The average molecular weight is 285 g/mol. The molecule has 1 aliphatic heterocycles. The van der Waals surface area contributed by atoms with Gasteiger partial charge in [-0.15, -0.1) is 0 Å². The number of carbonyl (C=O) groups is 1. The Morgan fingerprint density at radius 1 is 1.45 bits per heavy atom. The third-order valence-electron chi connectivity index (χ3n) is 3.10. The fourth-order valence-electron chi connectivity index (χ4n) is 2.09. The lowest BCUT2D eigenvalue weighted by Crippen LogP contribution is -2.29. The molecule has 0 saturated carbocycles. The monoisotopic (exact) mass is 285 g/mol. The predicted octanol–water partition coefficient (Wildman–Crippen LogP) is 2.87. The number of ether oxygens (including phenoxy) is 1. The molecule has 0 radical (unpaired) electrons. The molecule has 0 N–H and O–H groups in total. The van der Waals surface area contributed by atoms with Crippen LogP contribution >= 0.6 is 0 Å². The van der Waals surface area contributed by atoms with Crippen molar-refractivity contribution >= 4 is 5.91 Å².